The predicted octanol–water partition coefficient (Wildman–Crippen LogP) is 4.73. The first-order valence-corrected chi connectivity index (χ1v) is 13.9. The molecule has 0 amide bonds. The summed E-state index contributed by atoms with van der Waals surface area (Å²) in [5.74, 6) is 3.12. The van der Waals surface area contributed by atoms with Crippen LogP contribution in [0.25, 0.3) is 10.2 Å². The number of hydrogen-bond acceptors (Lipinski definition) is 9. The van der Waals surface area contributed by atoms with Crippen molar-refractivity contribution < 1.29 is 19.0 Å². The average molecular weight is 509 g/mol. The van der Waals surface area contributed by atoms with Gasteiger partial charge in [0.1, 0.15) is 23.9 Å². The van der Waals surface area contributed by atoms with E-state index in [0.29, 0.717) is 26.4 Å². The molecule has 6 rings (SSSR count). The third-order valence-electron chi connectivity index (χ3n) is 7.27. The maximum atomic E-state index is 12.2. The minimum atomic E-state index is -0.0822. The Labute approximate surface area is 215 Å². The van der Waals surface area contributed by atoms with Gasteiger partial charge < -0.3 is 24.4 Å². The number of ether oxygens (including phenoxy) is 3. The molecule has 0 saturated carbocycles. The number of fused-ring (bicyclic) bond motifs is 4. The molecule has 1 aromatic carbocycles. The van der Waals surface area contributed by atoms with Gasteiger partial charge in [-0.1, -0.05) is 6.07 Å². The summed E-state index contributed by atoms with van der Waals surface area (Å²) in [5.41, 5.74) is 2.53. The SMILES string of the molecule is CCOC(=O)C1CCN(c2nc(NCc3ccc4c(c3)OCCO4)c3c4c(sc3n2)CCCC4)CC1. The average Bonchev–Trinajstić information content (AvgIpc) is 3.30. The number of esters is 1. The Balaban J connectivity index is 1.27. The van der Waals surface area contributed by atoms with E-state index in [2.05, 4.69) is 16.3 Å². The summed E-state index contributed by atoms with van der Waals surface area (Å²) in [7, 11) is 0. The smallest absolute Gasteiger partial charge is 0.309 e. The van der Waals surface area contributed by atoms with Crippen LogP contribution in [0.4, 0.5) is 11.8 Å². The predicted molar refractivity (Wildman–Crippen MR) is 140 cm³/mol. The number of piperidine rings is 1. The van der Waals surface area contributed by atoms with E-state index < -0.39 is 0 Å². The number of nitrogens with one attached hydrogen (secondary N) is 1. The highest BCUT2D eigenvalue weighted by Gasteiger charge is 2.29. The van der Waals surface area contributed by atoms with Gasteiger partial charge in [-0.3, -0.25) is 4.79 Å². The van der Waals surface area contributed by atoms with Gasteiger partial charge in [-0.25, -0.2) is 4.98 Å². The molecule has 3 aliphatic rings. The van der Waals surface area contributed by atoms with Crippen LogP contribution in [0.3, 0.4) is 0 Å². The van der Waals surface area contributed by atoms with Crippen LogP contribution >= 0.6 is 11.3 Å². The fraction of sp³-hybridized carbons (Fsp3) is 0.519. The van der Waals surface area contributed by atoms with Gasteiger partial charge in [0, 0.05) is 24.5 Å². The summed E-state index contributed by atoms with van der Waals surface area (Å²) >= 11 is 1.82. The second-order valence-electron chi connectivity index (χ2n) is 9.61. The van der Waals surface area contributed by atoms with Gasteiger partial charge in [-0.05, 0) is 68.7 Å². The zero-order valence-electron chi connectivity index (χ0n) is 20.7. The maximum Gasteiger partial charge on any atom is 0.309 e. The minimum Gasteiger partial charge on any atom is -0.486 e. The van der Waals surface area contributed by atoms with Crippen molar-refractivity contribution >= 4 is 39.3 Å². The van der Waals surface area contributed by atoms with Gasteiger partial charge in [-0.2, -0.15) is 4.98 Å². The highest BCUT2D eigenvalue weighted by Crippen LogP contribution is 2.40. The summed E-state index contributed by atoms with van der Waals surface area (Å²) in [6.45, 7) is 5.60. The number of nitrogens with zero attached hydrogens (tertiary/aromatic N) is 3. The molecular weight excluding hydrogens is 476 g/mol. The van der Waals surface area contributed by atoms with E-state index in [-0.39, 0.29) is 11.9 Å². The van der Waals surface area contributed by atoms with Crippen molar-refractivity contribution in [2.24, 2.45) is 5.92 Å². The molecular formula is C27H32N4O4S. The van der Waals surface area contributed by atoms with E-state index in [9.17, 15) is 4.79 Å². The molecule has 1 saturated heterocycles. The fourth-order valence-corrected chi connectivity index (χ4v) is 6.63. The third kappa shape index (κ3) is 4.56. The Morgan fingerprint density at radius 2 is 1.94 bits per heavy atom. The van der Waals surface area contributed by atoms with Crippen LogP contribution in [-0.2, 0) is 28.9 Å². The molecule has 2 aromatic heterocycles. The standard InChI is InChI=1S/C27H32N4O4S/c1-2-33-26(32)18-9-11-31(12-10-18)27-29-24(23-19-5-3-4-6-22(19)36-25(23)30-27)28-16-17-7-8-20-21(15-17)35-14-13-34-20/h7-8,15,18H,2-6,9-14,16H2,1H3,(H,28,29,30). The van der Waals surface area contributed by atoms with Crippen molar-refractivity contribution in [1.82, 2.24) is 9.97 Å². The van der Waals surface area contributed by atoms with Crippen LogP contribution in [0.1, 0.15) is 48.6 Å². The van der Waals surface area contributed by atoms with Gasteiger partial charge in [0.05, 0.1) is 17.9 Å². The second-order valence-corrected chi connectivity index (χ2v) is 10.7. The molecule has 0 unspecified atom stereocenters. The van der Waals surface area contributed by atoms with Crippen molar-refractivity contribution in [3.8, 4) is 11.5 Å². The van der Waals surface area contributed by atoms with E-state index in [0.717, 1.165) is 72.4 Å². The van der Waals surface area contributed by atoms with Crippen molar-refractivity contribution in [3.05, 3.63) is 34.2 Å². The van der Waals surface area contributed by atoms with Gasteiger partial charge in [0.25, 0.3) is 0 Å². The van der Waals surface area contributed by atoms with E-state index >= 15 is 0 Å². The molecule has 8 nitrogen and oxygen atoms in total. The quantitative estimate of drug-likeness (QED) is 0.478. The highest BCUT2D eigenvalue weighted by molar-refractivity contribution is 7.19. The number of carbonyl (C=O) groups excluding carboxylic acids is 1. The first-order chi connectivity index (χ1) is 17.7. The molecule has 1 N–H and O–H groups in total. The summed E-state index contributed by atoms with van der Waals surface area (Å²) in [6.07, 6.45) is 6.19. The van der Waals surface area contributed by atoms with Crippen molar-refractivity contribution in [2.75, 3.05) is 43.1 Å². The Hall–Kier alpha value is -3.07. The maximum absolute atomic E-state index is 12.2. The van der Waals surface area contributed by atoms with E-state index in [1.54, 1.807) is 0 Å². The first-order valence-electron chi connectivity index (χ1n) is 13.1. The largest absolute Gasteiger partial charge is 0.486 e. The Bertz CT molecular complexity index is 1270. The molecule has 190 valence electrons. The lowest BCUT2D eigenvalue weighted by atomic mass is 9.96. The topological polar surface area (TPSA) is 85.8 Å². The zero-order valence-corrected chi connectivity index (χ0v) is 21.5. The van der Waals surface area contributed by atoms with E-state index in [1.807, 2.05) is 30.4 Å². The summed E-state index contributed by atoms with van der Waals surface area (Å²) in [5, 5.41) is 4.81. The lowest BCUT2D eigenvalue weighted by Gasteiger charge is -2.31. The number of benzene rings is 1. The molecule has 1 aliphatic carbocycles. The summed E-state index contributed by atoms with van der Waals surface area (Å²) in [4.78, 5) is 27.0. The molecule has 2 aliphatic heterocycles. The van der Waals surface area contributed by atoms with Crippen molar-refractivity contribution in [3.63, 3.8) is 0 Å². The molecule has 3 aromatic rings. The summed E-state index contributed by atoms with van der Waals surface area (Å²) < 4.78 is 16.7. The number of thiophene rings is 1. The van der Waals surface area contributed by atoms with Crippen LogP contribution in [0.2, 0.25) is 0 Å². The number of aryl methyl sites for hydroxylation is 2. The molecule has 9 heteroatoms. The van der Waals surface area contributed by atoms with Gasteiger partial charge >= 0.3 is 5.97 Å². The molecule has 0 radical (unpaired) electrons. The number of anilines is 2. The summed E-state index contributed by atoms with van der Waals surface area (Å²) in [6, 6.07) is 6.10. The number of aromatic nitrogens is 2. The molecule has 0 spiro atoms. The minimum absolute atomic E-state index is 0.0354. The molecule has 0 bridgehead atoms. The lowest BCUT2D eigenvalue weighted by Crippen LogP contribution is -2.38. The van der Waals surface area contributed by atoms with Gasteiger partial charge in [0.15, 0.2) is 11.5 Å². The number of rotatable bonds is 6. The van der Waals surface area contributed by atoms with Gasteiger partial charge in [-0.15, -0.1) is 11.3 Å². The molecule has 0 atom stereocenters. The molecule has 4 heterocycles. The van der Waals surface area contributed by atoms with E-state index in [4.69, 9.17) is 24.2 Å². The number of carbonyl (C=O) groups is 1. The second kappa shape index (κ2) is 10.1. The van der Waals surface area contributed by atoms with Crippen molar-refractivity contribution in [2.45, 2.75) is 52.0 Å². The zero-order chi connectivity index (χ0) is 24.5. The highest BCUT2D eigenvalue weighted by atomic mass is 32.1. The normalized spacial score (nSPS) is 17.6. The lowest BCUT2D eigenvalue weighted by molar-refractivity contribution is -0.148. The van der Waals surface area contributed by atoms with Crippen molar-refractivity contribution in [1.29, 1.82) is 0 Å². The Kier molecular flexibility index (Phi) is 6.56. The van der Waals surface area contributed by atoms with Crippen LogP contribution in [0, 0.1) is 5.92 Å². The van der Waals surface area contributed by atoms with Crippen LogP contribution < -0.4 is 19.7 Å². The first kappa shape index (κ1) is 23.3. The monoisotopic (exact) mass is 508 g/mol. The van der Waals surface area contributed by atoms with Crippen LogP contribution in [0.5, 0.6) is 11.5 Å². The number of hydrogen-bond donors (Lipinski definition) is 1. The van der Waals surface area contributed by atoms with Gasteiger partial charge in [0.2, 0.25) is 5.95 Å². The molecule has 36 heavy (non-hydrogen) atoms. The fourth-order valence-electron chi connectivity index (χ4n) is 5.37. The van der Waals surface area contributed by atoms with E-state index in [1.165, 1.54) is 28.7 Å². The Morgan fingerprint density at radius 1 is 1.14 bits per heavy atom. The Morgan fingerprint density at radius 3 is 2.78 bits per heavy atom. The third-order valence-corrected chi connectivity index (χ3v) is 8.45. The van der Waals surface area contributed by atoms with Crippen LogP contribution in [-0.4, -0.2) is 48.8 Å². The molecule has 1 fully saturated rings. The van der Waals surface area contributed by atoms with Crippen LogP contribution in [0.15, 0.2) is 18.2 Å².